The van der Waals surface area contributed by atoms with Crippen LogP contribution in [0.2, 0.25) is 0 Å². The van der Waals surface area contributed by atoms with E-state index >= 15 is 0 Å². The minimum atomic E-state index is -3.65. The molecule has 0 aliphatic heterocycles. The third kappa shape index (κ3) is 4.96. The second-order valence-corrected chi connectivity index (χ2v) is 11.4. The van der Waals surface area contributed by atoms with Crippen LogP contribution in [0.5, 0.6) is 11.5 Å². The van der Waals surface area contributed by atoms with Crippen LogP contribution in [-0.2, 0) is 4.57 Å². The van der Waals surface area contributed by atoms with Crippen LogP contribution in [0.4, 0.5) is 0 Å². The van der Waals surface area contributed by atoms with E-state index in [1.165, 1.54) is 12.1 Å². The molecule has 8 heteroatoms. The van der Waals surface area contributed by atoms with E-state index in [1.54, 1.807) is 38.1 Å². The molecule has 1 atom stereocenters. The topological polar surface area (TPSA) is 80.6 Å². The van der Waals surface area contributed by atoms with Crippen molar-refractivity contribution in [3.8, 4) is 11.5 Å². The van der Waals surface area contributed by atoms with Crippen LogP contribution in [0.3, 0.4) is 0 Å². The Balaban J connectivity index is 0.00000242. The molecule has 0 fully saturated rings. The fourth-order valence-corrected chi connectivity index (χ4v) is 7.53. The van der Waals surface area contributed by atoms with Crippen LogP contribution in [-0.4, -0.2) is 10.00 Å². The number of rotatable bonds is 4. The summed E-state index contributed by atoms with van der Waals surface area (Å²) in [6, 6.07) is 9.48. The molecule has 0 amide bonds. The number of hydrogen-bond acceptors (Lipinski definition) is 5. The third-order valence-electron chi connectivity index (χ3n) is 2.92. The van der Waals surface area contributed by atoms with E-state index in [4.69, 9.17) is 0 Å². The molecule has 0 aliphatic carbocycles. The molecule has 1 unspecified atom stereocenters. The van der Waals surface area contributed by atoms with Crippen LogP contribution in [0.25, 0.3) is 0 Å². The summed E-state index contributed by atoms with van der Waals surface area (Å²) in [4.78, 5) is 11.2. The van der Waals surface area contributed by atoms with Gasteiger partial charge in [-0.1, -0.05) is 18.2 Å². The van der Waals surface area contributed by atoms with Crippen LogP contribution >= 0.6 is 28.5 Å². The van der Waals surface area contributed by atoms with Crippen LogP contribution in [0, 0.1) is 13.8 Å². The third-order valence-corrected chi connectivity index (χ3v) is 8.56. The molecule has 112 valence electrons. The fraction of sp³-hybridized carbons (Fsp3) is 0.143. The molecular formula is C14H14NaO4PS2. The maximum atomic E-state index is 12.4. The van der Waals surface area contributed by atoms with E-state index in [0.717, 1.165) is 22.8 Å². The maximum absolute atomic E-state index is 12.4. The molecule has 0 aromatic heterocycles. The minimum absolute atomic E-state index is 0. The summed E-state index contributed by atoms with van der Waals surface area (Å²) >= 11 is 1.60. The number of phenols is 1. The zero-order valence-corrected chi connectivity index (χ0v) is 17.0. The molecule has 22 heavy (non-hydrogen) atoms. The zero-order valence-electron chi connectivity index (χ0n) is 12.4. The van der Waals surface area contributed by atoms with E-state index < -0.39 is 5.77 Å². The van der Waals surface area contributed by atoms with Crippen molar-refractivity contribution in [3.63, 3.8) is 0 Å². The Hall–Kier alpha value is -0.0700. The first-order valence-electron chi connectivity index (χ1n) is 6.07. The smallest absolute Gasteiger partial charge is 0.872 e. The van der Waals surface area contributed by atoms with Gasteiger partial charge in [-0.15, -0.1) is 5.75 Å². The Kier molecular flexibility index (Phi) is 7.40. The molecule has 2 aromatic carbocycles. The van der Waals surface area contributed by atoms with Crippen molar-refractivity contribution < 1.29 is 49.2 Å². The van der Waals surface area contributed by atoms with Crippen molar-refractivity contribution in [1.29, 1.82) is 0 Å². The van der Waals surface area contributed by atoms with Gasteiger partial charge in [-0.3, -0.25) is 4.57 Å². The number of hydrogen-bond donors (Lipinski definition) is 2. The predicted molar refractivity (Wildman–Crippen MR) is 85.0 cm³/mol. The molecule has 0 heterocycles. The molecule has 2 N–H and O–H groups in total. The van der Waals surface area contributed by atoms with Gasteiger partial charge in [-0.05, 0) is 60.4 Å². The van der Waals surface area contributed by atoms with Gasteiger partial charge in [0.2, 0.25) is 0 Å². The van der Waals surface area contributed by atoms with Gasteiger partial charge in [0.15, 0.2) is 0 Å². The number of phenolic OH excluding ortho intramolecular Hbond substituents is 1. The summed E-state index contributed by atoms with van der Waals surface area (Å²) in [7, 11) is 0. The van der Waals surface area contributed by atoms with Crippen LogP contribution < -0.4 is 34.7 Å². The van der Waals surface area contributed by atoms with Gasteiger partial charge < -0.3 is 15.1 Å². The largest absolute Gasteiger partial charge is 1.00 e. The van der Waals surface area contributed by atoms with Gasteiger partial charge >= 0.3 is 35.3 Å². The molecular weight excluding hydrogens is 350 g/mol. The Bertz CT molecular complexity index is 666. The van der Waals surface area contributed by atoms with Crippen LogP contribution in [0.1, 0.15) is 11.1 Å². The monoisotopic (exact) mass is 364 g/mol. The number of benzene rings is 2. The summed E-state index contributed by atoms with van der Waals surface area (Å²) < 4.78 is 12.4. The summed E-state index contributed by atoms with van der Waals surface area (Å²) in [6.45, 7) is 3.32. The molecule has 0 radical (unpaired) electrons. The second-order valence-electron chi connectivity index (χ2n) is 4.43. The fourth-order valence-electron chi connectivity index (χ4n) is 1.66. The van der Waals surface area contributed by atoms with Crippen molar-refractivity contribution in [2.24, 2.45) is 0 Å². The maximum Gasteiger partial charge on any atom is 1.00 e. The van der Waals surface area contributed by atoms with Gasteiger partial charge in [0.1, 0.15) is 5.75 Å². The summed E-state index contributed by atoms with van der Waals surface area (Å²) in [5.41, 5.74) is 1.02. The zero-order chi connectivity index (χ0) is 15.6. The Labute approximate surface area is 159 Å². The summed E-state index contributed by atoms with van der Waals surface area (Å²) in [6.07, 6.45) is 0. The SMILES string of the molecule is Cc1c([O-])cccc1SP(=O)(O)Sc1cccc(O)c1C.[Na+]. The first kappa shape index (κ1) is 20.0. The standard InChI is InChI=1S/C14H15O4PS2.Na/c1-9-11(15)5-3-7-13(9)20-19(17,18)21-14-8-4-6-12(16)10(14)2;/h3-8,15-16H,1-2H3,(H,17,18);/q;+1/p-1. The average Bonchev–Trinajstić information content (AvgIpc) is 2.40. The number of aromatic hydroxyl groups is 1. The van der Waals surface area contributed by atoms with E-state index in [0.29, 0.717) is 20.9 Å². The molecule has 4 nitrogen and oxygen atoms in total. The van der Waals surface area contributed by atoms with Gasteiger partial charge in [-0.25, -0.2) is 0 Å². The van der Waals surface area contributed by atoms with E-state index in [-0.39, 0.29) is 41.1 Å². The average molecular weight is 364 g/mol. The first-order valence-corrected chi connectivity index (χ1v) is 10.6. The van der Waals surface area contributed by atoms with E-state index in [1.807, 2.05) is 0 Å². The Morgan fingerprint density at radius 1 is 1.00 bits per heavy atom. The van der Waals surface area contributed by atoms with Crippen molar-refractivity contribution >= 4 is 28.5 Å². The molecule has 2 rings (SSSR count). The quantitative estimate of drug-likeness (QED) is 0.624. The van der Waals surface area contributed by atoms with Crippen molar-refractivity contribution in [2.75, 3.05) is 0 Å². The summed E-state index contributed by atoms with van der Waals surface area (Å²) in [5.74, 6) is -3.71. The normalized spacial score (nSPS) is 13.2. The molecule has 2 aromatic rings. The molecule has 0 spiro atoms. The summed E-state index contributed by atoms with van der Waals surface area (Å²) in [5, 5.41) is 21.2. The molecule has 0 bridgehead atoms. The molecule has 0 saturated carbocycles. The predicted octanol–water partition coefficient (Wildman–Crippen LogP) is 1.07. The molecule has 0 saturated heterocycles. The molecule has 0 aliphatic rings. The van der Waals surface area contributed by atoms with Crippen molar-refractivity contribution in [2.45, 2.75) is 23.6 Å². The van der Waals surface area contributed by atoms with Gasteiger partial charge in [0.25, 0.3) is 0 Å². The van der Waals surface area contributed by atoms with Crippen molar-refractivity contribution in [1.82, 2.24) is 0 Å². The Morgan fingerprint density at radius 2 is 1.50 bits per heavy atom. The van der Waals surface area contributed by atoms with Crippen molar-refractivity contribution in [3.05, 3.63) is 47.5 Å². The van der Waals surface area contributed by atoms with E-state index in [2.05, 4.69) is 0 Å². The van der Waals surface area contributed by atoms with Crippen LogP contribution in [0.15, 0.2) is 46.2 Å². The first-order chi connectivity index (χ1) is 9.80. The van der Waals surface area contributed by atoms with Gasteiger partial charge in [-0.2, -0.15) is 0 Å². The van der Waals surface area contributed by atoms with Gasteiger partial charge in [0, 0.05) is 15.4 Å². The van der Waals surface area contributed by atoms with E-state index in [9.17, 15) is 19.7 Å². The minimum Gasteiger partial charge on any atom is -0.872 e. The van der Waals surface area contributed by atoms with Gasteiger partial charge in [0.05, 0.1) is 0 Å². The Morgan fingerprint density at radius 3 is 2.09 bits per heavy atom. The second kappa shape index (κ2) is 8.15.